The Balaban J connectivity index is 2.30. The van der Waals surface area contributed by atoms with Gasteiger partial charge in [-0.05, 0) is 29.7 Å². The summed E-state index contributed by atoms with van der Waals surface area (Å²) in [5.41, 5.74) is 2.80. The van der Waals surface area contributed by atoms with Crippen LogP contribution in [0.25, 0.3) is 11.1 Å². The molecule has 2 heteroatoms. The van der Waals surface area contributed by atoms with Crippen LogP contribution < -0.4 is 4.74 Å². The summed E-state index contributed by atoms with van der Waals surface area (Å²) in [5, 5.41) is 0. The summed E-state index contributed by atoms with van der Waals surface area (Å²) >= 11 is 0. The molecule has 0 N–H and O–H groups in total. The van der Waals surface area contributed by atoms with Crippen LogP contribution in [0.4, 0.5) is 4.39 Å². The number of hydrogen-bond donors (Lipinski definition) is 0. The maximum atomic E-state index is 13.9. The van der Waals surface area contributed by atoms with Gasteiger partial charge < -0.3 is 4.74 Å². The molecule has 0 aliphatic heterocycles. The third-order valence-electron chi connectivity index (χ3n) is 2.98. The van der Waals surface area contributed by atoms with Crippen LogP contribution in [-0.4, -0.2) is 7.11 Å². The van der Waals surface area contributed by atoms with Crippen molar-refractivity contribution in [3.63, 3.8) is 0 Å². The summed E-state index contributed by atoms with van der Waals surface area (Å²) in [7, 11) is 1.54. The third kappa shape index (κ3) is 2.70. The second kappa shape index (κ2) is 5.67. The molecular formula is C16H17FO. The van der Waals surface area contributed by atoms with E-state index in [1.165, 1.54) is 18.7 Å². The zero-order valence-corrected chi connectivity index (χ0v) is 10.7. The Morgan fingerprint density at radius 2 is 1.78 bits per heavy atom. The van der Waals surface area contributed by atoms with E-state index in [0.29, 0.717) is 11.3 Å². The number of ether oxygens (including phenoxy) is 1. The third-order valence-corrected chi connectivity index (χ3v) is 2.98. The Morgan fingerprint density at radius 3 is 2.33 bits per heavy atom. The zero-order valence-electron chi connectivity index (χ0n) is 10.7. The minimum atomic E-state index is -0.252. The molecule has 2 aromatic rings. The van der Waals surface area contributed by atoms with Crippen LogP contribution in [-0.2, 0) is 6.42 Å². The van der Waals surface area contributed by atoms with E-state index < -0.39 is 0 Å². The van der Waals surface area contributed by atoms with Crippen LogP contribution in [0.3, 0.4) is 0 Å². The molecule has 0 amide bonds. The van der Waals surface area contributed by atoms with Gasteiger partial charge in [-0.15, -0.1) is 0 Å². The summed E-state index contributed by atoms with van der Waals surface area (Å²) in [5.74, 6) is 0.288. The second-order valence-corrected chi connectivity index (χ2v) is 4.29. The number of benzene rings is 2. The van der Waals surface area contributed by atoms with Crippen LogP contribution >= 0.6 is 0 Å². The van der Waals surface area contributed by atoms with Crippen molar-refractivity contribution in [2.24, 2.45) is 0 Å². The molecule has 2 aromatic carbocycles. The van der Waals surface area contributed by atoms with Crippen molar-refractivity contribution in [2.45, 2.75) is 19.8 Å². The fourth-order valence-corrected chi connectivity index (χ4v) is 2.00. The molecule has 0 aromatic heterocycles. The lowest BCUT2D eigenvalue weighted by atomic mass is 10.0. The van der Waals surface area contributed by atoms with E-state index in [9.17, 15) is 4.39 Å². The van der Waals surface area contributed by atoms with Crippen LogP contribution in [0.1, 0.15) is 18.9 Å². The normalized spacial score (nSPS) is 10.4. The average molecular weight is 244 g/mol. The number of halogens is 1. The molecule has 1 nitrogen and oxygen atoms in total. The van der Waals surface area contributed by atoms with Gasteiger partial charge in [0, 0.05) is 11.6 Å². The first-order valence-corrected chi connectivity index (χ1v) is 6.17. The number of methoxy groups -OCH3 is 1. The summed E-state index contributed by atoms with van der Waals surface area (Å²) < 4.78 is 18.9. The van der Waals surface area contributed by atoms with Gasteiger partial charge in [0.05, 0.1) is 7.11 Å². The number of aryl methyl sites for hydroxylation is 1. The van der Waals surface area contributed by atoms with E-state index in [2.05, 4.69) is 19.1 Å². The van der Waals surface area contributed by atoms with Crippen molar-refractivity contribution >= 4 is 0 Å². The SMILES string of the molecule is CCCc1ccc(-c2ccc(OC)cc2F)cc1. The maximum Gasteiger partial charge on any atom is 0.134 e. The first-order chi connectivity index (χ1) is 8.74. The number of rotatable bonds is 4. The van der Waals surface area contributed by atoms with Crippen molar-refractivity contribution in [2.75, 3.05) is 7.11 Å². The van der Waals surface area contributed by atoms with Crippen molar-refractivity contribution in [1.29, 1.82) is 0 Å². The van der Waals surface area contributed by atoms with E-state index >= 15 is 0 Å². The van der Waals surface area contributed by atoms with Crippen molar-refractivity contribution in [3.05, 3.63) is 53.8 Å². The molecular weight excluding hydrogens is 227 g/mol. The van der Waals surface area contributed by atoms with Crippen LogP contribution in [0.15, 0.2) is 42.5 Å². The van der Waals surface area contributed by atoms with Crippen LogP contribution in [0.5, 0.6) is 5.75 Å². The van der Waals surface area contributed by atoms with Gasteiger partial charge in [0.25, 0.3) is 0 Å². The molecule has 0 saturated carbocycles. The Bertz CT molecular complexity index is 517. The highest BCUT2D eigenvalue weighted by Gasteiger charge is 2.06. The van der Waals surface area contributed by atoms with Crippen molar-refractivity contribution in [1.82, 2.24) is 0 Å². The minimum absolute atomic E-state index is 0.252. The van der Waals surface area contributed by atoms with Gasteiger partial charge in [0.2, 0.25) is 0 Å². The second-order valence-electron chi connectivity index (χ2n) is 4.29. The van der Waals surface area contributed by atoms with E-state index in [4.69, 9.17) is 4.74 Å². The van der Waals surface area contributed by atoms with Gasteiger partial charge >= 0.3 is 0 Å². The van der Waals surface area contributed by atoms with E-state index in [1.54, 1.807) is 12.1 Å². The Kier molecular flexibility index (Phi) is 3.98. The average Bonchev–Trinajstić information content (AvgIpc) is 2.40. The van der Waals surface area contributed by atoms with Gasteiger partial charge in [0.1, 0.15) is 11.6 Å². The molecule has 0 saturated heterocycles. The lowest BCUT2D eigenvalue weighted by molar-refractivity contribution is 0.411. The summed E-state index contributed by atoms with van der Waals surface area (Å²) in [6.07, 6.45) is 2.18. The molecule has 0 spiro atoms. The first kappa shape index (κ1) is 12.6. The highest BCUT2D eigenvalue weighted by atomic mass is 19.1. The molecule has 18 heavy (non-hydrogen) atoms. The Morgan fingerprint density at radius 1 is 1.06 bits per heavy atom. The van der Waals surface area contributed by atoms with E-state index in [1.807, 2.05) is 12.1 Å². The molecule has 0 bridgehead atoms. The predicted molar refractivity (Wildman–Crippen MR) is 72.4 cm³/mol. The molecule has 0 fully saturated rings. The standard InChI is InChI=1S/C16H17FO/c1-3-4-12-5-7-13(8-6-12)15-10-9-14(18-2)11-16(15)17/h5-11H,3-4H2,1-2H3. The topological polar surface area (TPSA) is 9.23 Å². The Labute approximate surface area is 107 Å². The van der Waals surface area contributed by atoms with Gasteiger partial charge in [-0.25, -0.2) is 4.39 Å². The molecule has 0 radical (unpaired) electrons. The van der Waals surface area contributed by atoms with Crippen LogP contribution in [0.2, 0.25) is 0 Å². The highest BCUT2D eigenvalue weighted by Crippen LogP contribution is 2.26. The monoisotopic (exact) mass is 244 g/mol. The maximum absolute atomic E-state index is 13.9. The van der Waals surface area contributed by atoms with Gasteiger partial charge in [-0.3, -0.25) is 0 Å². The minimum Gasteiger partial charge on any atom is -0.497 e. The lowest BCUT2D eigenvalue weighted by Gasteiger charge is -2.07. The molecule has 0 aliphatic carbocycles. The van der Waals surface area contributed by atoms with Gasteiger partial charge in [0.15, 0.2) is 0 Å². The van der Waals surface area contributed by atoms with E-state index in [-0.39, 0.29) is 5.82 Å². The fraction of sp³-hybridized carbons (Fsp3) is 0.250. The van der Waals surface area contributed by atoms with Crippen LogP contribution in [0, 0.1) is 5.82 Å². The van der Waals surface area contributed by atoms with Gasteiger partial charge in [-0.2, -0.15) is 0 Å². The molecule has 0 atom stereocenters. The molecule has 0 unspecified atom stereocenters. The van der Waals surface area contributed by atoms with Gasteiger partial charge in [-0.1, -0.05) is 37.6 Å². The largest absolute Gasteiger partial charge is 0.497 e. The van der Waals surface area contributed by atoms with Crippen molar-refractivity contribution < 1.29 is 9.13 Å². The van der Waals surface area contributed by atoms with E-state index in [0.717, 1.165) is 18.4 Å². The molecule has 0 aliphatic rings. The number of hydrogen-bond acceptors (Lipinski definition) is 1. The van der Waals surface area contributed by atoms with Crippen molar-refractivity contribution in [3.8, 4) is 16.9 Å². The summed E-state index contributed by atoms with van der Waals surface area (Å²) in [6.45, 7) is 2.15. The lowest BCUT2D eigenvalue weighted by Crippen LogP contribution is -1.89. The predicted octanol–water partition coefficient (Wildman–Crippen LogP) is 4.45. The quantitative estimate of drug-likeness (QED) is 0.771. The summed E-state index contributed by atoms with van der Waals surface area (Å²) in [6, 6.07) is 13.0. The first-order valence-electron chi connectivity index (χ1n) is 6.17. The summed E-state index contributed by atoms with van der Waals surface area (Å²) in [4.78, 5) is 0. The fourth-order valence-electron chi connectivity index (χ4n) is 2.00. The molecule has 94 valence electrons. The zero-order chi connectivity index (χ0) is 13.0. The Hall–Kier alpha value is -1.83. The smallest absolute Gasteiger partial charge is 0.134 e. The molecule has 0 heterocycles. The molecule has 2 rings (SSSR count). The highest BCUT2D eigenvalue weighted by molar-refractivity contribution is 5.65.